The smallest absolute Gasteiger partial charge is 0.339 e. The molecule has 2 aromatic rings. The molecular formula is C15H15NO3S2. The van der Waals surface area contributed by atoms with Crippen molar-refractivity contribution in [3.8, 4) is 0 Å². The molecule has 2 aromatic heterocycles. The second kappa shape index (κ2) is 5.61. The van der Waals surface area contributed by atoms with Crippen molar-refractivity contribution in [2.75, 3.05) is 5.32 Å². The summed E-state index contributed by atoms with van der Waals surface area (Å²) in [4.78, 5) is 25.4. The number of carboxylic acids is 1. The maximum absolute atomic E-state index is 12.1. The van der Waals surface area contributed by atoms with Crippen LogP contribution in [0.1, 0.15) is 43.8 Å². The number of fused-ring (bicyclic) bond motifs is 1. The van der Waals surface area contributed by atoms with E-state index in [1.807, 2.05) is 5.38 Å². The van der Waals surface area contributed by atoms with Crippen LogP contribution in [0, 0.1) is 5.92 Å². The number of carbonyl (C=O) groups excluding carboxylic acids is 1. The zero-order valence-corrected chi connectivity index (χ0v) is 13.1. The Morgan fingerprint density at radius 1 is 1.43 bits per heavy atom. The zero-order chi connectivity index (χ0) is 15.0. The third kappa shape index (κ3) is 2.73. The number of aromatic carboxylic acids is 1. The van der Waals surface area contributed by atoms with Crippen LogP contribution >= 0.6 is 22.7 Å². The van der Waals surface area contributed by atoms with E-state index in [-0.39, 0.29) is 11.5 Å². The van der Waals surface area contributed by atoms with Crippen molar-refractivity contribution in [3.63, 3.8) is 0 Å². The van der Waals surface area contributed by atoms with E-state index in [1.165, 1.54) is 22.7 Å². The van der Waals surface area contributed by atoms with Crippen molar-refractivity contribution in [1.29, 1.82) is 0 Å². The Morgan fingerprint density at radius 2 is 2.24 bits per heavy atom. The third-order valence-electron chi connectivity index (χ3n) is 3.70. The molecule has 1 aliphatic carbocycles. The Bertz CT molecular complexity index is 688. The molecule has 2 heterocycles. The van der Waals surface area contributed by atoms with Crippen molar-refractivity contribution in [1.82, 2.24) is 0 Å². The molecule has 0 spiro atoms. The Labute approximate surface area is 130 Å². The summed E-state index contributed by atoms with van der Waals surface area (Å²) in [6, 6.07) is 3.54. The van der Waals surface area contributed by atoms with Crippen molar-refractivity contribution < 1.29 is 14.7 Å². The van der Waals surface area contributed by atoms with Crippen LogP contribution in [-0.4, -0.2) is 17.0 Å². The number of amides is 1. The highest BCUT2D eigenvalue weighted by Gasteiger charge is 2.28. The van der Waals surface area contributed by atoms with Gasteiger partial charge in [0, 0.05) is 4.88 Å². The van der Waals surface area contributed by atoms with Crippen LogP contribution < -0.4 is 5.32 Å². The minimum absolute atomic E-state index is 0.237. The molecule has 6 heteroatoms. The second-order valence-electron chi connectivity index (χ2n) is 5.29. The first-order valence-electron chi connectivity index (χ1n) is 6.79. The topological polar surface area (TPSA) is 66.4 Å². The summed E-state index contributed by atoms with van der Waals surface area (Å²) in [5, 5.41) is 14.6. The molecule has 0 saturated carbocycles. The van der Waals surface area contributed by atoms with Gasteiger partial charge in [0.05, 0.1) is 10.4 Å². The fraction of sp³-hybridized carbons (Fsp3) is 0.333. The molecule has 4 nitrogen and oxygen atoms in total. The van der Waals surface area contributed by atoms with Gasteiger partial charge in [-0.25, -0.2) is 4.79 Å². The van der Waals surface area contributed by atoms with Gasteiger partial charge in [0.1, 0.15) is 5.00 Å². The summed E-state index contributed by atoms with van der Waals surface area (Å²) < 4.78 is 0. The van der Waals surface area contributed by atoms with E-state index in [1.54, 1.807) is 12.1 Å². The fourth-order valence-corrected chi connectivity index (χ4v) is 4.65. The average molecular weight is 321 g/mol. The number of anilines is 1. The highest BCUT2D eigenvalue weighted by atomic mass is 32.1. The van der Waals surface area contributed by atoms with Crippen LogP contribution in [0.15, 0.2) is 17.5 Å². The van der Waals surface area contributed by atoms with Crippen LogP contribution in [0.2, 0.25) is 0 Å². The molecule has 1 aliphatic rings. The standard InChI is InChI=1S/C15H15NO3S2/c1-8-4-5-9-11(7-8)21-14(12(9)15(18)19)16-13(17)10-3-2-6-20-10/h2-3,6,8H,4-5,7H2,1H3,(H,16,17)(H,18,19)/t8-/m0/s1. The van der Waals surface area contributed by atoms with Gasteiger partial charge in [-0.15, -0.1) is 22.7 Å². The van der Waals surface area contributed by atoms with Crippen LogP contribution in [0.5, 0.6) is 0 Å². The Morgan fingerprint density at radius 3 is 2.90 bits per heavy atom. The molecule has 0 fully saturated rings. The third-order valence-corrected chi connectivity index (χ3v) is 5.74. The van der Waals surface area contributed by atoms with E-state index in [0.717, 1.165) is 29.7 Å². The molecule has 0 aliphatic heterocycles. The normalized spacial score (nSPS) is 17.3. The molecule has 0 radical (unpaired) electrons. The molecule has 2 N–H and O–H groups in total. The van der Waals surface area contributed by atoms with E-state index in [4.69, 9.17) is 0 Å². The molecule has 0 aromatic carbocycles. The van der Waals surface area contributed by atoms with Crippen molar-refractivity contribution in [2.45, 2.75) is 26.2 Å². The van der Waals surface area contributed by atoms with E-state index >= 15 is 0 Å². The molecule has 0 bridgehead atoms. The summed E-state index contributed by atoms with van der Waals surface area (Å²) >= 11 is 2.76. The van der Waals surface area contributed by atoms with E-state index in [9.17, 15) is 14.7 Å². The highest BCUT2D eigenvalue weighted by molar-refractivity contribution is 7.17. The lowest BCUT2D eigenvalue weighted by molar-refractivity contribution is 0.0697. The molecule has 110 valence electrons. The minimum Gasteiger partial charge on any atom is -0.478 e. The second-order valence-corrected chi connectivity index (χ2v) is 7.35. The van der Waals surface area contributed by atoms with E-state index in [0.29, 0.717) is 15.8 Å². The SMILES string of the molecule is C[C@H]1CCc2c(sc(NC(=O)c3cccs3)c2C(=O)O)C1. The van der Waals surface area contributed by atoms with Gasteiger partial charge in [-0.3, -0.25) is 4.79 Å². The van der Waals surface area contributed by atoms with Gasteiger partial charge in [-0.05, 0) is 42.2 Å². The maximum atomic E-state index is 12.1. The summed E-state index contributed by atoms with van der Waals surface area (Å²) in [5.41, 5.74) is 1.19. The highest BCUT2D eigenvalue weighted by Crippen LogP contribution is 2.39. The summed E-state index contributed by atoms with van der Waals surface area (Å²) in [5.74, 6) is -0.624. The predicted molar refractivity (Wildman–Crippen MR) is 84.7 cm³/mol. The van der Waals surface area contributed by atoms with Gasteiger partial charge in [-0.1, -0.05) is 13.0 Å². The van der Waals surface area contributed by atoms with Gasteiger partial charge < -0.3 is 10.4 Å². The predicted octanol–water partition coefficient (Wildman–Crippen LogP) is 3.88. The zero-order valence-electron chi connectivity index (χ0n) is 11.5. The lowest BCUT2D eigenvalue weighted by Crippen LogP contribution is -2.14. The molecular weight excluding hydrogens is 306 g/mol. The lowest BCUT2D eigenvalue weighted by atomic mass is 9.88. The Balaban J connectivity index is 1.95. The van der Waals surface area contributed by atoms with Crippen LogP contribution in [-0.2, 0) is 12.8 Å². The number of nitrogens with one attached hydrogen (secondary N) is 1. The number of hydrogen-bond acceptors (Lipinski definition) is 4. The monoisotopic (exact) mass is 321 g/mol. The number of hydrogen-bond donors (Lipinski definition) is 2. The quantitative estimate of drug-likeness (QED) is 0.901. The largest absolute Gasteiger partial charge is 0.478 e. The lowest BCUT2D eigenvalue weighted by Gasteiger charge is -2.17. The fourth-order valence-electron chi connectivity index (χ4n) is 2.64. The van der Waals surface area contributed by atoms with Crippen molar-refractivity contribution in [3.05, 3.63) is 38.4 Å². The number of carboxylic acid groups (broad SMARTS) is 1. The number of carbonyl (C=O) groups is 2. The first-order valence-corrected chi connectivity index (χ1v) is 8.48. The Hall–Kier alpha value is -1.66. The first-order chi connectivity index (χ1) is 10.1. The van der Waals surface area contributed by atoms with Crippen LogP contribution in [0.25, 0.3) is 0 Å². The average Bonchev–Trinajstić information content (AvgIpc) is 3.04. The molecule has 21 heavy (non-hydrogen) atoms. The first kappa shape index (κ1) is 14.3. The van der Waals surface area contributed by atoms with E-state index < -0.39 is 5.97 Å². The molecule has 0 saturated heterocycles. The van der Waals surface area contributed by atoms with Gasteiger partial charge >= 0.3 is 5.97 Å². The van der Waals surface area contributed by atoms with E-state index in [2.05, 4.69) is 12.2 Å². The van der Waals surface area contributed by atoms with Gasteiger partial charge in [0.15, 0.2) is 0 Å². The summed E-state index contributed by atoms with van der Waals surface area (Å²) in [6.45, 7) is 2.17. The van der Waals surface area contributed by atoms with Crippen molar-refractivity contribution >= 4 is 39.6 Å². The number of thiophene rings is 2. The minimum atomic E-state index is -0.955. The molecule has 1 amide bonds. The van der Waals surface area contributed by atoms with Crippen LogP contribution in [0.4, 0.5) is 5.00 Å². The molecule has 3 rings (SSSR count). The number of rotatable bonds is 3. The van der Waals surface area contributed by atoms with Crippen LogP contribution in [0.3, 0.4) is 0 Å². The maximum Gasteiger partial charge on any atom is 0.339 e. The van der Waals surface area contributed by atoms with Gasteiger partial charge in [0.25, 0.3) is 5.91 Å². The van der Waals surface area contributed by atoms with Crippen molar-refractivity contribution in [2.24, 2.45) is 5.92 Å². The summed E-state index contributed by atoms with van der Waals surface area (Å²) in [6.07, 6.45) is 2.68. The van der Waals surface area contributed by atoms with Gasteiger partial charge in [-0.2, -0.15) is 0 Å². The molecule has 0 unspecified atom stereocenters. The molecule has 1 atom stereocenters. The Kier molecular flexibility index (Phi) is 3.82. The summed E-state index contributed by atoms with van der Waals surface area (Å²) in [7, 11) is 0. The van der Waals surface area contributed by atoms with Gasteiger partial charge in [0.2, 0.25) is 0 Å².